The van der Waals surface area contributed by atoms with Gasteiger partial charge in [-0.2, -0.15) is 0 Å². The van der Waals surface area contributed by atoms with Crippen LogP contribution < -0.4 is 5.32 Å². The normalized spacial score (nSPS) is 11.0. The lowest BCUT2D eigenvalue weighted by atomic mass is 9.85. The molecule has 3 N–H and O–H groups in total. The zero-order valence-corrected chi connectivity index (χ0v) is 12.9. The first-order valence-electron chi connectivity index (χ1n) is 7.54. The largest absolute Gasteiger partial charge is 0.508 e. The summed E-state index contributed by atoms with van der Waals surface area (Å²) in [7, 11) is 0. The van der Waals surface area contributed by atoms with E-state index in [0.717, 1.165) is 0 Å². The van der Waals surface area contributed by atoms with Crippen LogP contribution in [0.4, 0.5) is 5.69 Å². The average molecular weight is 319 g/mol. The number of rotatable bonds is 4. The molecular formula is C20H17NO3. The van der Waals surface area contributed by atoms with E-state index in [2.05, 4.69) is 5.32 Å². The van der Waals surface area contributed by atoms with Gasteiger partial charge in [0, 0.05) is 5.69 Å². The molecule has 24 heavy (non-hydrogen) atoms. The summed E-state index contributed by atoms with van der Waals surface area (Å²) >= 11 is 0. The molecule has 0 aliphatic rings. The summed E-state index contributed by atoms with van der Waals surface area (Å²) in [4.78, 5) is 12.9. The van der Waals surface area contributed by atoms with Crippen molar-refractivity contribution in [2.45, 2.75) is 5.60 Å². The third-order valence-electron chi connectivity index (χ3n) is 3.84. The minimum Gasteiger partial charge on any atom is -0.508 e. The third-order valence-corrected chi connectivity index (χ3v) is 3.84. The van der Waals surface area contributed by atoms with E-state index < -0.39 is 11.5 Å². The molecule has 0 unspecified atom stereocenters. The second-order valence-corrected chi connectivity index (χ2v) is 5.44. The van der Waals surface area contributed by atoms with Crippen LogP contribution in [0.25, 0.3) is 0 Å². The standard InChI is InChI=1S/C20H17NO3/c22-18-13-11-17(12-14-18)21-19(23)20(24,15-7-3-1-4-8-15)16-9-5-2-6-10-16/h1-14,22,24H,(H,21,23). The molecule has 0 spiro atoms. The minimum atomic E-state index is -1.82. The number of carbonyl (C=O) groups is 1. The molecule has 120 valence electrons. The van der Waals surface area contributed by atoms with Crippen molar-refractivity contribution < 1.29 is 15.0 Å². The van der Waals surface area contributed by atoms with Crippen LogP contribution in [-0.2, 0) is 10.4 Å². The van der Waals surface area contributed by atoms with Crippen molar-refractivity contribution in [3.63, 3.8) is 0 Å². The van der Waals surface area contributed by atoms with E-state index in [1.165, 1.54) is 12.1 Å². The smallest absolute Gasteiger partial charge is 0.265 e. The molecule has 0 radical (unpaired) electrons. The van der Waals surface area contributed by atoms with E-state index in [-0.39, 0.29) is 5.75 Å². The number of carbonyl (C=O) groups excluding carboxylic acids is 1. The Morgan fingerprint density at radius 3 is 1.67 bits per heavy atom. The highest BCUT2D eigenvalue weighted by molar-refractivity contribution is 6.00. The second kappa shape index (κ2) is 6.56. The van der Waals surface area contributed by atoms with Crippen LogP contribution in [0.5, 0.6) is 5.75 Å². The number of phenolic OH excluding ortho intramolecular Hbond substituents is 1. The third kappa shape index (κ3) is 3.00. The van der Waals surface area contributed by atoms with Gasteiger partial charge in [0.2, 0.25) is 0 Å². The van der Waals surface area contributed by atoms with Crippen LogP contribution in [0.2, 0.25) is 0 Å². The predicted octanol–water partition coefficient (Wildman–Crippen LogP) is 3.27. The van der Waals surface area contributed by atoms with E-state index in [9.17, 15) is 15.0 Å². The van der Waals surface area contributed by atoms with Gasteiger partial charge in [0.15, 0.2) is 5.60 Å². The minimum absolute atomic E-state index is 0.106. The molecule has 0 aliphatic heterocycles. The number of aromatic hydroxyl groups is 1. The monoisotopic (exact) mass is 319 g/mol. The van der Waals surface area contributed by atoms with Gasteiger partial charge in [-0.25, -0.2) is 0 Å². The highest BCUT2D eigenvalue weighted by atomic mass is 16.3. The molecule has 0 heterocycles. The number of hydrogen-bond acceptors (Lipinski definition) is 3. The molecule has 0 saturated heterocycles. The van der Waals surface area contributed by atoms with Crippen LogP contribution >= 0.6 is 0 Å². The van der Waals surface area contributed by atoms with Gasteiger partial charge in [-0.3, -0.25) is 4.79 Å². The number of nitrogens with one attached hydrogen (secondary N) is 1. The SMILES string of the molecule is O=C(Nc1ccc(O)cc1)C(O)(c1ccccc1)c1ccccc1. The van der Waals surface area contributed by atoms with Crippen molar-refractivity contribution in [2.24, 2.45) is 0 Å². The van der Waals surface area contributed by atoms with Gasteiger partial charge in [0.25, 0.3) is 5.91 Å². The number of hydrogen-bond donors (Lipinski definition) is 3. The van der Waals surface area contributed by atoms with E-state index in [4.69, 9.17) is 0 Å². The Hall–Kier alpha value is -3.11. The Balaban J connectivity index is 2.02. The summed E-state index contributed by atoms with van der Waals surface area (Å²) in [6.07, 6.45) is 0. The summed E-state index contributed by atoms with van der Waals surface area (Å²) in [5.74, 6) is -0.458. The quantitative estimate of drug-likeness (QED) is 0.646. The highest BCUT2D eigenvalue weighted by Crippen LogP contribution is 2.31. The molecule has 0 fully saturated rings. The molecule has 4 heteroatoms. The summed E-state index contributed by atoms with van der Waals surface area (Å²) in [5.41, 5.74) is -0.372. The van der Waals surface area contributed by atoms with E-state index >= 15 is 0 Å². The Morgan fingerprint density at radius 1 is 0.750 bits per heavy atom. The molecule has 0 atom stereocenters. The molecule has 0 aliphatic carbocycles. The Labute approximate surface area is 140 Å². The lowest BCUT2D eigenvalue weighted by Gasteiger charge is -2.28. The lowest BCUT2D eigenvalue weighted by Crippen LogP contribution is -2.41. The molecule has 3 rings (SSSR count). The van der Waals surface area contributed by atoms with Gasteiger partial charge in [0.05, 0.1) is 0 Å². The van der Waals surface area contributed by atoms with E-state index in [1.54, 1.807) is 60.7 Å². The zero-order valence-electron chi connectivity index (χ0n) is 12.9. The Bertz CT molecular complexity index is 775. The molecule has 0 saturated carbocycles. The number of amides is 1. The van der Waals surface area contributed by atoms with Gasteiger partial charge in [0.1, 0.15) is 5.75 Å². The fourth-order valence-corrected chi connectivity index (χ4v) is 2.55. The lowest BCUT2D eigenvalue weighted by molar-refractivity contribution is -0.131. The van der Waals surface area contributed by atoms with Crippen LogP contribution in [0.3, 0.4) is 0 Å². The maximum atomic E-state index is 12.9. The predicted molar refractivity (Wildman–Crippen MR) is 92.6 cm³/mol. The van der Waals surface area contributed by atoms with E-state index in [1.807, 2.05) is 12.1 Å². The number of benzene rings is 3. The van der Waals surface area contributed by atoms with Crippen molar-refractivity contribution in [1.82, 2.24) is 0 Å². The first kappa shape index (κ1) is 15.8. The first-order valence-corrected chi connectivity index (χ1v) is 7.54. The van der Waals surface area contributed by atoms with Crippen molar-refractivity contribution in [1.29, 1.82) is 0 Å². The summed E-state index contributed by atoms with van der Waals surface area (Å²) in [6.45, 7) is 0. The summed E-state index contributed by atoms with van der Waals surface area (Å²) in [5, 5.41) is 23.3. The summed E-state index contributed by atoms with van der Waals surface area (Å²) in [6, 6.07) is 23.7. The van der Waals surface area contributed by atoms with E-state index in [0.29, 0.717) is 16.8 Å². The van der Waals surface area contributed by atoms with Crippen LogP contribution in [0.1, 0.15) is 11.1 Å². The number of phenols is 1. The van der Waals surface area contributed by atoms with Crippen molar-refractivity contribution >= 4 is 11.6 Å². The van der Waals surface area contributed by atoms with Crippen LogP contribution in [0.15, 0.2) is 84.9 Å². The van der Waals surface area contributed by atoms with Crippen LogP contribution in [-0.4, -0.2) is 16.1 Å². The fourth-order valence-electron chi connectivity index (χ4n) is 2.55. The fraction of sp³-hybridized carbons (Fsp3) is 0.0500. The molecular weight excluding hydrogens is 302 g/mol. The molecule has 0 aromatic heterocycles. The highest BCUT2D eigenvalue weighted by Gasteiger charge is 2.39. The number of aliphatic hydroxyl groups is 1. The van der Waals surface area contributed by atoms with Crippen molar-refractivity contribution in [3.05, 3.63) is 96.1 Å². The Kier molecular flexibility index (Phi) is 4.31. The van der Waals surface area contributed by atoms with Gasteiger partial charge < -0.3 is 15.5 Å². The van der Waals surface area contributed by atoms with Crippen molar-refractivity contribution in [2.75, 3.05) is 5.32 Å². The summed E-state index contributed by atoms with van der Waals surface area (Å²) < 4.78 is 0. The van der Waals surface area contributed by atoms with Crippen LogP contribution in [0, 0.1) is 0 Å². The first-order chi connectivity index (χ1) is 11.6. The zero-order chi connectivity index (χ0) is 17.0. The van der Waals surface area contributed by atoms with Crippen molar-refractivity contribution in [3.8, 4) is 5.75 Å². The van der Waals surface area contributed by atoms with Gasteiger partial charge >= 0.3 is 0 Å². The van der Waals surface area contributed by atoms with Gasteiger partial charge in [-0.15, -0.1) is 0 Å². The molecule has 3 aromatic rings. The maximum absolute atomic E-state index is 12.9. The molecule has 1 amide bonds. The maximum Gasteiger partial charge on any atom is 0.265 e. The number of anilines is 1. The van der Waals surface area contributed by atoms with Gasteiger partial charge in [-0.1, -0.05) is 60.7 Å². The molecule has 0 bridgehead atoms. The molecule has 3 aromatic carbocycles. The Morgan fingerprint density at radius 2 is 1.21 bits per heavy atom. The molecule has 4 nitrogen and oxygen atoms in total. The average Bonchev–Trinajstić information content (AvgIpc) is 2.64. The van der Waals surface area contributed by atoms with Gasteiger partial charge in [-0.05, 0) is 35.4 Å². The second-order valence-electron chi connectivity index (χ2n) is 5.44. The topological polar surface area (TPSA) is 69.6 Å².